The summed E-state index contributed by atoms with van der Waals surface area (Å²) in [6.07, 6.45) is 2.28. The molecule has 0 radical (unpaired) electrons. The molecule has 0 bridgehead atoms. The molecule has 1 aromatic heterocycles. The van der Waals surface area contributed by atoms with Gasteiger partial charge < -0.3 is 11.1 Å². The lowest BCUT2D eigenvalue weighted by Crippen LogP contribution is -2.41. The maximum atomic E-state index is 12.2. The zero-order valence-electron chi connectivity index (χ0n) is 11.5. The molecule has 1 fully saturated rings. The van der Waals surface area contributed by atoms with Crippen LogP contribution in [0.15, 0.2) is 30.3 Å². The summed E-state index contributed by atoms with van der Waals surface area (Å²) in [6.45, 7) is 0.467. The van der Waals surface area contributed by atoms with Gasteiger partial charge in [-0.2, -0.15) is 5.10 Å². The Kier molecular flexibility index (Phi) is 3.94. The Morgan fingerprint density at radius 3 is 2.76 bits per heavy atom. The fourth-order valence-corrected chi connectivity index (χ4v) is 2.45. The van der Waals surface area contributed by atoms with Crippen LogP contribution in [0, 0.1) is 5.92 Å². The molecule has 1 aliphatic rings. The van der Waals surface area contributed by atoms with E-state index in [1.165, 1.54) is 0 Å². The van der Waals surface area contributed by atoms with Gasteiger partial charge in [-0.05, 0) is 37.0 Å². The number of carbonyl (C=O) groups excluding carboxylic acids is 1. The lowest BCUT2D eigenvalue weighted by atomic mass is 10.1. The molecule has 1 atom stereocenters. The normalized spacial score (nSPS) is 15.7. The van der Waals surface area contributed by atoms with Crippen molar-refractivity contribution < 1.29 is 4.79 Å². The van der Waals surface area contributed by atoms with E-state index in [0.29, 0.717) is 28.9 Å². The maximum absolute atomic E-state index is 12.2. The van der Waals surface area contributed by atoms with Gasteiger partial charge in [-0.3, -0.25) is 9.89 Å². The summed E-state index contributed by atoms with van der Waals surface area (Å²) >= 11 is 5.86. The summed E-state index contributed by atoms with van der Waals surface area (Å²) < 4.78 is 0. The first-order valence-electron chi connectivity index (χ1n) is 6.99. The Labute approximate surface area is 127 Å². The monoisotopic (exact) mass is 304 g/mol. The van der Waals surface area contributed by atoms with Crippen molar-refractivity contribution in [2.24, 2.45) is 11.7 Å². The van der Waals surface area contributed by atoms with E-state index in [4.69, 9.17) is 17.3 Å². The number of carbonyl (C=O) groups is 1. The van der Waals surface area contributed by atoms with Crippen molar-refractivity contribution in [1.82, 2.24) is 15.5 Å². The van der Waals surface area contributed by atoms with E-state index >= 15 is 0 Å². The Morgan fingerprint density at radius 1 is 1.43 bits per heavy atom. The predicted octanol–water partition coefficient (Wildman–Crippen LogP) is 2.20. The molecule has 2 aromatic rings. The second-order valence-electron chi connectivity index (χ2n) is 5.33. The van der Waals surface area contributed by atoms with Gasteiger partial charge in [-0.1, -0.05) is 23.7 Å². The van der Waals surface area contributed by atoms with Crippen molar-refractivity contribution in [1.29, 1.82) is 0 Å². The van der Waals surface area contributed by atoms with Gasteiger partial charge in [0.2, 0.25) is 0 Å². The number of nitrogens with two attached hydrogens (primary N) is 1. The number of hydrogen-bond acceptors (Lipinski definition) is 3. The molecule has 0 aliphatic heterocycles. The standard InChI is InChI=1S/C15H17ClN4O/c16-11-5-3-9(4-6-11)12-7-13(20-19-12)15(21)18-14(8-17)10-1-2-10/h3-7,10,14H,1-2,8,17H2,(H,18,21)(H,19,20). The smallest absolute Gasteiger partial charge is 0.269 e. The fourth-order valence-electron chi connectivity index (χ4n) is 2.32. The second-order valence-corrected chi connectivity index (χ2v) is 5.76. The van der Waals surface area contributed by atoms with Crippen molar-refractivity contribution in [2.45, 2.75) is 18.9 Å². The highest BCUT2D eigenvalue weighted by atomic mass is 35.5. The number of nitrogens with zero attached hydrogens (tertiary/aromatic N) is 1. The maximum Gasteiger partial charge on any atom is 0.269 e. The third-order valence-electron chi connectivity index (χ3n) is 3.72. The zero-order valence-corrected chi connectivity index (χ0v) is 12.2. The highest BCUT2D eigenvalue weighted by Crippen LogP contribution is 2.32. The molecular weight excluding hydrogens is 288 g/mol. The molecule has 1 aromatic carbocycles. The first-order chi connectivity index (χ1) is 10.2. The van der Waals surface area contributed by atoms with E-state index in [9.17, 15) is 4.79 Å². The van der Waals surface area contributed by atoms with Crippen molar-refractivity contribution >= 4 is 17.5 Å². The Hall–Kier alpha value is -1.85. The number of halogens is 1. The molecule has 3 rings (SSSR count). The highest BCUT2D eigenvalue weighted by molar-refractivity contribution is 6.30. The van der Waals surface area contributed by atoms with E-state index in [1.54, 1.807) is 18.2 Å². The topological polar surface area (TPSA) is 83.8 Å². The van der Waals surface area contributed by atoms with Crippen LogP contribution in [-0.4, -0.2) is 28.7 Å². The largest absolute Gasteiger partial charge is 0.346 e. The zero-order chi connectivity index (χ0) is 14.8. The fraction of sp³-hybridized carbons (Fsp3) is 0.333. The number of H-pyrrole nitrogens is 1. The van der Waals surface area contributed by atoms with E-state index in [2.05, 4.69) is 15.5 Å². The molecule has 1 amide bonds. The molecule has 21 heavy (non-hydrogen) atoms. The molecule has 110 valence electrons. The molecule has 0 spiro atoms. The number of aromatic amines is 1. The van der Waals surface area contributed by atoms with Crippen LogP contribution in [0.2, 0.25) is 5.02 Å². The van der Waals surface area contributed by atoms with Crippen LogP contribution in [-0.2, 0) is 0 Å². The van der Waals surface area contributed by atoms with Crippen LogP contribution in [0.3, 0.4) is 0 Å². The van der Waals surface area contributed by atoms with Gasteiger partial charge in [0.05, 0.1) is 5.69 Å². The first kappa shape index (κ1) is 14.1. The van der Waals surface area contributed by atoms with Crippen molar-refractivity contribution in [3.63, 3.8) is 0 Å². The first-order valence-corrected chi connectivity index (χ1v) is 7.37. The lowest BCUT2D eigenvalue weighted by Gasteiger charge is -2.14. The van der Waals surface area contributed by atoms with E-state index in [0.717, 1.165) is 18.4 Å². The van der Waals surface area contributed by atoms with Crippen LogP contribution in [0.25, 0.3) is 11.3 Å². The molecule has 4 N–H and O–H groups in total. The minimum atomic E-state index is -0.162. The van der Waals surface area contributed by atoms with Gasteiger partial charge in [0.1, 0.15) is 5.69 Å². The van der Waals surface area contributed by atoms with Crippen molar-refractivity contribution in [3.05, 3.63) is 41.0 Å². The molecule has 0 saturated heterocycles. The predicted molar refractivity (Wildman–Crippen MR) is 82.1 cm³/mol. The number of aromatic nitrogens is 2. The van der Waals surface area contributed by atoms with Crippen LogP contribution >= 0.6 is 11.6 Å². The van der Waals surface area contributed by atoms with Gasteiger partial charge >= 0.3 is 0 Å². The molecule has 1 aliphatic carbocycles. The molecule has 1 unspecified atom stereocenters. The van der Waals surface area contributed by atoms with E-state index < -0.39 is 0 Å². The third kappa shape index (κ3) is 3.25. The van der Waals surface area contributed by atoms with E-state index in [1.807, 2.05) is 12.1 Å². The van der Waals surface area contributed by atoms with Crippen LogP contribution in [0.4, 0.5) is 0 Å². The quantitative estimate of drug-likeness (QED) is 0.792. The van der Waals surface area contributed by atoms with Crippen LogP contribution in [0.5, 0.6) is 0 Å². The summed E-state index contributed by atoms with van der Waals surface area (Å²) in [6, 6.07) is 9.12. The van der Waals surface area contributed by atoms with Crippen LogP contribution in [0.1, 0.15) is 23.3 Å². The summed E-state index contributed by atoms with van der Waals surface area (Å²) in [5.74, 6) is 0.364. The number of nitrogens with one attached hydrogen (secondary N) is 2. The van der Waals surface area contributed by atoms with Crippen molar-refractivity contribution in [2.75, 3.05) is 6.54 Å². The minimum absolute atomic E-state index is 0.0554. The van der Waals surface area contributed by atoms with Gasteiger partial charge in [0, 0.05) is 23.2 Å². The van der Waals surface area contributed by atoms with Crippen molar-refractivity contribution in [3.8, 4) is 11.3 Å². The van der Waals surface area contributed by atoms with Gasteiger partial charge in [0.25, 0.3) is 5.91 Å². The van der Waals surface area contributed by atoms with Gasteiger partial charge in [-0.25, -0.2) is 0 Å². The average molecular weight is 305 g/mol. The van der Waals surface area contributed by atoms with Gasteiger partial charge in [-0.15, -0.1) is 0 Å². The molecule has 1 saturated carbocycles. The summed E-state index contributed by atoms with van der Waals surface area (Å²) in [5.41, 5.74) is 7.77. The Bertz CT molecular complexity index is 633. The Morgan fingerprint density at radius 2 is 2.14 bits per heavy atom. The third-order valence-corrected chi connectivity index (χ3v) is 3.98. The van der Waals surface area contributed by atoms with E-state index in [-0.39, 0.29) is 11.9 Å². The summed E-state index contributed by atoms with van der Waals surface area (Å²) in [4.78, 5) is 12.2. The summed E-state index contributed by atoms with van der Waals surface area (Å²) in [7, 11) is 0. The molecule has 1 heterocycles. The second kappa shape index (κ2) is 5.87. The lowest BCUT2D eigenvalue weighted by molar-refractivity contribution is 0.0928. The molecule has 6 heteroatoms. The Balaban J connectivity index is 1.71. The number of hydrogen-bond donors (Lipinski definition) is 3. The molecule has 5 nitrogen and oxygen atoms in total. The number of rotatable bonds is 5. The minimum Gasteiger partial charge on any atom is -0.346 e. The molecular formula is C15H17ClN4O. The highest BCUT2D eigenvalue weighted by Gasteiger charge is 2.31. The van der Waals surface area contributed by atoms with Crippen LogP contribution < -0.4 is 11.1 Å². The average Bonchev–Trinajstić information content (AvgIpc) is 3.21. The SMILES string of the molecule is NCC(NC(=O)c1cc(-c2ccc(Cl)cc2)n[nH]1)C1CC1. The number of amides is 1. The van der Waals surface area contributed by atoms with Gasteiger partial charge in [0.15, 0.2) is 0 Å². The number of benzene rings is 1. The summed E-state index contributed by atoms with van der Waals surface area (Å²) in [5, 5.41) is 10.6.